The van der Waals surface area contributed by atoms with Crippen molar-refractivity contribution in [2.24, 2.45) is 0 Å². The van der Waals surface area contributed by atoms with Gasteiger partial charge in [0.1, 0.15) is 5.75 Å². The Morgan fingerprint density at radius 2 is 1.89 bits per heavy atom. The molecule has 1 aromatic rings. The van der Waals surface area contributed by atoms with Gasteiger partial charge in [0.25, 0.3) is 0 Å². The third kappa shape index (κ3) is 6.67. The minimum Gasteiger partial charge on any atom is -0.491 e. The van der Waals surface area contributed by atoms with Crippen LogP contribution in [0.5, 0.6) is 5.75 Å². The molecule has 2 amide bonds. The lowest BCUT2D eigenvalue weighted by molar-refractivity contribution is 0.196. The number of benzene rings is 1. The average Bonchev–Trinajstić information content (AvgIpc) is 2.37. The maximum absolute atomic E-state index is 11.4. The molecular weight excluding hydrogens is 244 g/mol. The number of ether oxygens (including phenoxy) is 2. The number of hydrogen-bond acceptors (Lipinski definition) is 3. The molecule has 0 aliphatic rings. The van der Waals surface area contributed by atoms with Gasteiger partial charge in [0.2, 0.25) is 0 Å². The standard InChI is InChI=1S/C14H22N2O3/c1-11(2)19-13-6-4-12(5-7-13)10-16-14(17)15-8-9-18-3/h4-7,11H,8-10H2,1-3H3,(H2,15,16,17). The molecule has 0 radical (unpaired) electrons. The number of hydrogen-bond donors (Lipinski definition) is 2. The second-order valence-electron chi connectivity index (χ2n) is 4.41. The molecule has 0 fully saturated rings. The molecule has 0 unspecified atom stereocenters. The van der Waals surface area contributed by atoms with E-state index in [1.807, 2.05) is 38.1 Å². The van der Waals surface area contributed by atoms with E-state index in [0.29, 0.717) is 19.7 Å². The number of carbonyl (C=O) groups excluding carboxylic acids is 1. The van der Waals surface area contributed by atoms with E-state index >= 15 is 0 Å². The number of rotatable bonds is 7. The second-order valence-corrected chi connectivity index (χ2v) is 4.41. The molecule has 0 saturated carbocycles. The zero-order valence-electron chi connectivity index (χ0n) is 11.7. The van der Waals surface area contributed by atoms with Gasteiger partial charge in [-0.15, -0.1) is 0 Å². The highest BCUT2D eigenvalue weighted by atomic mass is 16.5. The Kier molecular flexibility index (Phi) is 6.74. The smallest absolute Gasteiger partial charge is 0.315 e. The van der Waals surface area contributed by atoms with Crippen LogP contribution in [0, 0.1) is 0 Å². The van der Waals surface area contributed by atoms with E-state index in [0.717, 1.165) is 11.3 Å². The van der Waals surface area contributed by atoms with Gasteiger partial charge in [0, 0.05) is 20.2 Å². The topological polar surface area (TPSA) is 59.6 Å². The van der Waals surface area contributed by atoms with Gasteiger partial charge in [0.05, 0.1) is 12.7 Å². The lowest BCUT2D eigenvalue weighted by Gasteiger charge is -2.10. The van der Waals surface area contributed by atoms with Crippen molar-refractivity contribution in [3.63, 3.8) is 0 Å². The number of urea groups is 1. The molecule has 0 aliphatic heterocycles. The van der Waals surface area contributed by atoms with Gasteiger partial charge in [-0.25, -0.2) is 4.79 Å². The first-order valence-electron chi connectivity index (χ1n) is 6.38. The normalized spacial score (nSPS) is 10.3. The van der Waals surface area contributed by atoms with Gasteiger partial charge >= 0.3 is 6.03 Å². The van der Waals surface area contributed by atoms with Crippen molar-refractivity contribution in [2.45, 2.75) is 26.5 Å². The molecule has 0 bridgehead atoms. The molecule has 19 heavy (non-hydrogen) atoms. The van der Waals surface area contributed by atoms with E-state index in [4.69, 9.17) is 9.47 Å². The molecule has 1 aromatic carbocycles. The molecule has 2 N–H and O–H groups in total. The first-order chi connectivity index (χ1) is 9.11. The van der Waals surface area contributed by atoms with E-state index in [-0.39, 0.29) is 12.1 Å². The summed E-state index contributed by atoms with van der Waals surface area (Å²) >= 11 is 0. The van der Waals surface area contributed by atoms with Crippen LogP contribution in [0.15, 0.2) is 24.3 Å². The van der Waals surface area contributed by atoms with Crippen molar-refractivity contribution in [1.29, 1.82) is 0 Å². The zero-order valence-corrected chi connectivity index (χ0v) is 11.7. The Hall–Kier alpha value is -1.75. The van der Waals surface area contributed by atoms with E-state index in [1.165, 1.54) is 0 Å². The highest BCUT2D eigenvalue weighted by Crippen LogP contribution is 2.13. The van der Waals surface area contributed by atoms with Gasteiger partial charge in [-0.2, -0.15) is 0 Å². The van der Waals surface area contributed by atoms with Crippen LogP contribution in [0.1, 0.15) is 19.4 Å². The molecule has 0 aliphatic carbocycles. The molecule has 0 spiro atoms. The van der Waals surface area contributed by atoms with Crippen LogP contribution in [-0.4, -0.2) is 32.4 Å². The predicted molar refractivity (Wildman–Crippen MR) is 74.3 cm³/mol. The van der Waals surface area contributed by atoms with E-state index in [2.05, 4.69) is 10.6 Å². The first-order valence-corrected chi connectivity index (χ1v) is 6.38. The van der Waals surface area contributed by atoms with Crippen LogP contribution in [-0.2, 0) is 11.3 Å². The summed E-state index contributed by atoms with van der Waals surface area (Å²) in [7, 11) is 1.60. The molecule has 5 heteroatoms. The van der Waals surface area contributed by atoms with Gasteiger partial charge in [-0.1, -0.05) is 12.1 Å². The summed E-state index contributed by atoms with van der Waals surface area (Å²) in [6.07, 6.45) is 0.163. The summed E-state index contributed by atoms with van der Waals surface area (Å²) in [5.41, 5.74) is 1.03. The third-order valence-electron chi connectivity index (χ3n) is 2.34. The maximum atomic E-state index is 11.4. The Balaban J connectivity index is 2.31. The molecule has 0 atom stereocenters. The van der Waals surface area contributed by atoms with Crippen molar-refractivity contribution in [3.8, 4) is 5.75 Å². The van der Waals surface area contributed by atoms with E-state index in [9.17, 15) is 4.79 Å². The van der Waals surface area contributed by atoms with Crippen molar-refractivity contribution < 1.29 is 14.3 Å². The monoisotopic (exact) mass is 266 g/mol. The molecule has 106 valence electrons. The summed E-state index contributed by atoms with van der Waals surface area (Å²) < 4.78 is 10.4. The highest BCUT2D eigenvalue weighted by Gasteiger charge is 2.01. The van der Waals surface area contributed by atoms with E-state index < -0.39 is 0 Å². The lowest BCUT2D eigenvalue weighted by atomic mass is 10.2. The van der Waals surface area contributed by atoms with Crippen molar-refractivity contribution >= 4 is 6.03 Å². The molecule has 5 nitrogen and oxygen atoms in total. The molecule has 0 heterocycles. The van der Waals surface area contributed by atoms with Crippen molar-refractivity contribution in [2.75, 3.05) is 20.3 Å². The average molecular weight is 266 g/mol. The quantitative estimate of drug-likeness (QED) is 0.741. The third-order valence-corrected chi connectivity index (χ3v) is 2.34. The van der Waals surface area contributed by atoms with Gasteiger partial charge in [0.15, 0.2) is 0 Å². The minimum atomic E-state index is -0.195. The highest BCUT2D eigenvalue weighted by molar-refractivity contribution is 5.73. The van der Waals surface area contributed by atoms with Gasteiger partial charge < -0.3 is 20.1 Å². The Morgan fingerprint density at radius 3 is 2.47 bits per heavy atom. The Labute approximate surface area is 114 Å². The molecule has 1 rings (SSSR count). The van der Waals surface area contributed by atoms with E-state index in [1.54, 1.807) is 7.11 Å². The number of amides is 2. The summed E-state index contributed by atoms with van der Waals surface area (Å²) in [5, 5.41) is 5.46. The summed E-state index contributed by atoms with van der Waals surface area (Å²) in [5.74, 6) is 0.836. The molecule has 0 aromatic heterocycles. The second kappa shape index (κ2) is 8.37. The SMILES string of the molecule is COCCNC(=O)NCc1ccc(OC(C)C)cc1. The Bertz CT molecular complexity index is 377. The number of methoxy groups -OCH3 is 1. The largest absolute Gasteiger partial charge is 0.491 e. The summed E-state index contributed by atoms with van der Waals surface area (Å²) in [4.78, 5) is 11.4. The van der Waals surface area contributed by atoms with Crippen LogP contribution in [0.2, 0.25) is 0 Å². The maximum Gasteiger partial charge on any atom is 0.315 e. The van der Waals surface area contributed by atoms with Gasteiger partial charge in [-0.3, -0.25) is 0 Å². The molecule has 0 saturated heterocycles. The lowest BCUT2D eigenvalue weighted by Crippen LogP contribution is -2.36. The zero-order chi connectivity index (χ0) is 14.1. The fourth-order valence-corrected chi connectivity index (χ4v) is 1.47. The first kappa shape index (κ1) is 15.3. The summed E-state index contributed by atoms with van der Waals surface area (Å²) in [6, 6.07) is 7.49. The fourth-order valence-electron chi connectivity index (χ4n) is 1.47. The number of nitrogens with one attached hydrogen (secondary N) is 2. The van der Waals surface area contributed by atoms with Gasteiger partial charge in [-0.05, 0) is 31.5 Å². The molecular formula is C14H22N2O3. The van der Waals surface area contributed by atoms with Crippen LogP contribution < -0.4 is 15.4 Å². The fraction of sp³-hybridized carbons (Fsp3) is 0.500. The minimum absolute atomic E-state index is 0.163. The summed E-state index contributed by atoms with van der Waals surface area (Å²) in [6.45, 7) is 5.47. The van der Waals surface area contributed by atoms with Crippen LogP contribution in [0.4, 0.5) is 4.79 Å². The van der Waals surface area contributed by atoms with Crippen LogP contribution >= 0.6 is 0 Å². The van der Waals surface area contributed by atoms with Crippen molar-refractivity contribution in [3.05, 3.63) is 29.8 Å². The number of carbonyl (C=O) groups is 1. The van der Waals surface area contributed by atoms with Crippen molar-refractivity contribution in [1.82, 2.24) is 10.6 Å². The predicted octanol–water partition coefficient (Wildman–Crippen LogP) is 1.92. The van der Waals surface area contributed by atoms with Crippen LogP contribution in [0.3, 0.4) is 0 Å². The Morgan fingerprint density at radius 1 is 1.21 bits per heavy atom. The van der Waals surface area contributed by atoms with Crippen LogP contribution in [0.25, 0.3) is 0 Å².